The second-order valence-corrected chi connectivity index (χ2v) is 7.48. The van der Waals surface area contributed by atoms with Gasteiger partial charge >= 0.3 is 0 Å². The minimum Gasteiger partial charge on any atom is -0.497 e. The van der Waals surface area contributed by atoms with Crippen LogP contribution in [-0.2, 0) is 11.2 Å². The topological polar surface area (TPSA) is 75.3 Å². The molecule has 1 aliphatic heterocycles. The Balaban J connectivity index is 1.37. The number of rotatable bonds is 6. The molecule has 0 radical (unpaired) electrons. The zero-order valence-corrected chi connectivity index (χ0v) is 16.6. The maximum absolute atomic E-state index is 12.9. The van der Waals surface area contributed by atoms with Gasteiger partial charge in [0.1, 0.15) is 11.6 Å². The molecule has 1 atom stereocenters. The van der Waals surface area contributed by atoms with Gasteiger partial charge in [-0.05, 0) is 37.1 Å². The van der Waals surface area contributed by atoms with Crippen LogP contribution in [0.2, 0.25) is 0 Å². The molecule has 6 nitrogen and oxygen atoms in total. The van der Waals surface area contributed by atoms with Crippen molar-refractivity contribution in [2.24, 2.45) is 5.92 Å². The number of fused-ring (bicyclic) bond motifs is 1. The molecular weight excluding hydrogens is 366 g/mol. The Bertz CT molecular complexity index is 994. The number of amides is 1. The minimum atomic E-state index is -0.161. The fourth-order valence-corrected chi connectivity index (χ4v) is 3.94. The average Bonchev–Trinajstić information content (AvgIpc) is 3.20. The minimum absolute atomic E-state index is 0.0774. The molecule has 2 heterocycles. The van der Waals surface area contributed by atoms with Crippen LogP contribution in [0.15, 0.2) is 48.5 Å². The van der Waals surface area contributed by atoms with Gasteiger partial charge in [-0.2, -0.15) is 0 Å². The Labute approximate surface area is 169 Å². The van der Waals surface area contributed by atoms with Gasteiger partial charge in [0.25, 0.3) is 0 Å². The fraction of sp³-hybridized carbons (Fsp3) is 0.348. The molecule has 1 saturated heterocycles. The van der Waals surface area contributed by atoms with Crippen LogP contribution in [0.3, 0.4) is 0 Å². The number of imidazole rings is 1. The van der Waals surface area contributed by atoms with Crippen LogP contribution in [0.4, 0.5) is 0 Å². The Kier molecular flexibility index (Phi) is 5.60. The summed E-state index contributed by atoms with van der Waals surface area (Å²) < 4.78 is 5.22. The molecule has 6 heteroatoms. The molecule has 150 valence electrons. The van der Waals surface area contributed by atoms with E-state index in [1.54, 1.807) is 13.2 Å². The van der Waals surface area contributed by atoms with Crippen molar-refractivity contribution in [1.82, 2.24) is 14.9 Å². The molecule has 1 amide bonds. The summed E-state index contributed by atoms with van der Waals surface area (Å²) in [6.07, 6.45) is 2.61. The van der Waals surface area contributed by atoms with Gasteiger partial charge in [-0.25, -0.2) is 4.98 Å². The molecule has 1 unspecified atom stereocenters. The number of nitrogens with one attached hydrogen (secondary N) is 1. The van der Waals surface area contributed by atoms with Crippen molar-refractivity contribution >= 4 is 22.7 Å². The third kappa shape index (κ3) is 4.31. The SMILES string of the molecule is COc1cccc(C(=O)C2CCCN(C(=O)CCc3nc4ccccc4[nH]3)C2)c1. The molecule has 0 bridgehead atoms. The monoisotopic (exact) mass is 391 g/mol. The number of nitrogens with zero attached hydrogens (tertiary/aromatic N) is 2. The number of likely N-dealkylation sites (tertiary alicyclic amines) is 1. The number of benzene rings is 2. The predicted molar refractivity (Wildman–Crippen MR) is 111 cm³/mol. The fourth-order valence-electron chi connectivity index (χ4n) is 3.94. The van der Waals surface area contributed by atoms with Crippen molar-refractivity contribution in [3.05, 3.63) is 59.9 Å². The molecule has 1 aliphatic rings. The van der Waals surface area contributed by atoms with Gasteiger partial charge in [0.05, 0.1) is 18.1 Å². The number of aromatic nitrogens is 2. The Morgan fingerprint density at radius 1 is 1.21 bits per heavy atom. The number of hydrogen-bond donors (Lipinski definition) is 1. The standard InChI is InChI=1S/C23H25N3O3/c1-29-18-8-4-6-16(14-18)23(28)17-7-5-13-26(15-17)22(27)12-11-21-24-19-9-2-3-10-20(19)25-21/h2-4,6,8-10,14,17H,5,7,11-13,15H2,1H3,(H,24,25). The third-order valence-electron chi connectivity index (χ3n) is 5.51. The molecular formula is C23H25N3O3. The first-order valence-electron chi connectivity index (χ1n) is 10.0. The summed E-state index contributed by atoms with van der Waals surface area (Å²) in [6.45, 7) is 1.19. The lowest BCUT2D eigenvalue weighted by molar-refractivity contribution is -0.132. The maximum atomic E-state index is 12.9. The lowest BCUT2D eigenvalue weighted by Crippen LogP contribution is -2.42. The Hall–Kier alpha value is -3.15. The van der Waals surface area contributed by atoms with E-state index >= 15 is 0 Å². The normalized spacial score (nSPS) is 16.7. The number of para-hydroxylation sites is 2. The van der Waals surface area contributed by atoms with Crippen LogP contribution < -0.4 is 4.74 Å². The average molecular weight is 391 g/mol. The Morgan fingerprint density at radius 3 is 2.90 bits per heavy atom. The van der Waals surface area contributed by atoms with Crippen molar-refractivity contribution in [3.8, 4) is 5.75 Å². The van der Waals surface area contributed by atoms with Gasteiger partial charge in [0.15, 0.2) is 5.78 Å². The lowest BCUT2D eigenvalue weighted by Gasteiger charge is -2.32. The maximum Gasteiger partial charge on any atom is 0.223 e. The number of hydrogen-bond acceptors (Lipinski definition) is 4. The molecule has 1 aromatic heterocycles. The summed E-state index contributed by atoms with van der Waals surface area (Å²) in [5, 5.41) is 0. The highest BCUT2D eigenvalue weighted by atomic mass is 16.5. The number of aryl methyl sites for hydroxylation is 1. The van der Waals surface area contributed by atoms with Crippen LogP contribution in [0, 0.1) is 5.92 Å². The number of ether oxygens (including phenoxy) is 1. The number of ketones is 1. The summed E-state index contributed by atoms with van der Waals surface area (Å²) in [7, 11) is 1.59. The first kappa shape index (κ1) is 19.2. The molecule has 0 saturated carbocycles. The van der Waals surface area contributed by atoms with Gasteiger partial charge < -0.3 is 14.6 Å². The summed E-state index contributed by atoms with van der Waals surface area (Å²) in [5.74, 6) is 1.49. The molecule has 0 spiro atoms. The lowest BCUT2D eigenvalue weighted by atomic mass is 9.89. The van der Waals surface area contributed by atoms with E-state index in [4.69, 9.17) is 4.74 Å². The van der Waals surface area contributed by atoms with Gasteiger partial charge in [0, 0.05) is 37.4 Å². The molecule has 29 heavy (non-hydrogen) atoms. The highest BCUT2D eigenvalue weighted by molar-refractivity contribution is 5.98. The molecule has 0 aliphatic carbocycles. The number of methoxy groups -OCH3 is 1. The molecule has 4 rings (SSSR count). The summed E-state index contributed by atoms with van der Waals surface area (Å²) in [5.41, 5.74) is 2.54. The van der Waals surface area contributed by atoms with Gasteiger partial charge in [-0.3, -0.25) is 9.59 Å². The number of H-pyrrole nitrogens is 1. The first-order valence-corrected chi connectivity index (χ1v) is 10.0. The van der Waals surface area contributed by atoms with Gasteiger partial charge in [-0.1, -0.05) is 24.3 Å². The van der Waals surface area contributed by atoms with E-state index in [1.165, 1.54) is 0 Å². The van der Waals surface area contributed by atoms with E-state index in [0.717, 1.165) is 29.7 Å². The van der Waals surface area contributed by atoms with E-state index in [-0.39, 0.29) is 17.6 Å². The number of piperidine rings is 1. The molecule has 1 N–H and O–H groups in total. The van der Waals surface area contributed by atoms with Gasteiger partial charge in [-0.15, -0.1) is 0 Å². The van der Waals surface area contributed by atoms with Crippen LogP contribution in [0.25, 0.3) is 11.0 Å². The van der Waals surface area contributed by atoms with E-state index in [2.05, 4.69) is 9.97 Å². The van der Waals surface area contributed by atoms with Crippen LogP contribution in [0.5, 0.6) is 5.75 Å². The Morgan fingerprint density at radius 2 is 2.07 bits per heavy atom. The molecule has 1 fully saturated rings. The smallest absolute Gasteiger partial charge is 0.223 e. The summed E-state index contributed by atoms with van der Waals surface area (Å²) in [6, 6.07) is 15.1. The zero-order chi connectivity index (χ0) is 20.2. The highest BCUT2D eigenvalue weighted by Crippen LogP contribution is 2.24. The van der Waals surface area contributed by atoms with Crippen molar-refractivity contribution < 1.29 is 14.3 Å². The van der Waals surface area contributed by atoms with Crippen molar-refractivity contribution in [2.75, 3.05) is 20.2 Å². The largest absolute Gasteiger partial charge is 0.497 e. The summed E-state index contributed by atoms with van der Waals surface area (Å²) in [4.78, 5) is 35.3. The van der Waals surface area contributed by atoms with E-state index in [0.29, 0.717) is 37.2 Å². The summed E-state index contributed by atoms with van der Waals surface area (Å²) >= 11 is 0. The quantitative estimate of drug-likeness (QED) is 0.651. The van der Waals surface area contributed by atoms with Crippen molar-refractivity contribution in [3.63, 3.8) is 0 Å². The van der Waals surface area contributed by atoms with Crippen molar-refractivity contribution in [2.45, 2.75) is 25.7 Å². The second kappa shape index (κ2) is 8.47. The number of Topliss-reactive ketones (excluding diaryl/α,β-unsaturated/α-hetero) is 1. The predicted octanol–water partition coefficient (Wildman–Crippen LogP) is 3.63. The molecule has 2 aromatic carbocycles. The van der Waals surface area contributed by atoms with E-state index in [9.17, 15) is 9.59 Å². The van der Waals surface area contributed by atoms with Crippen molar-refractivity contribution in [1.29, 1.82) is 0 Å². The second-order valence-electron chi connectivity index (χ2n) is 7.48. The van der Waals surface area contributed by atoms with E-state index < -0.39 is 0 Å². The first-order chi connectivity index (χ1) is 14.1. The van der Waals surface area contributed by atoms with E-state index in [1.807, 2.05) is 47.4 Å². The number of carbonyl (C=O) groups excluding carboxylic acids is 2. The zero-order valence-electron chi connectivity index (χ0n) is 16.6. The van der Waals surface area contributed by atoms with Crippen LogP contribution in [0.1, 0.15) is 35.4 Å². The highest BCUT2D eigenvalue weighted by Gasteiger charge is 2.29. The van der Waals surface area contributed by atoms with Crippen LogP contribution >= 0.6 is 0 Å². The van der Waals surface area contributed by atoms with Gasteiger partial charge in [0.2, 0.25) is 5.91 Å². The molecule has 3 aromatic rings. The van der Waals surface area contributed by atoms with Crippen LogP contribution in [-0.4, -0.2) is 46.8 Å². The number of carbonyl (C=O) groups is 2. The number of aromatic amines is 1. The third-order valence-corrected chi connectivity index (χ3v) is 5.51.